The minimum absolute atomic E-state index is 0.0647. The maximum atomic E-state index is 12.0. The van der Waals surface area contributed by atoms with E-state index < -0.39 is 12.0 Å². The Bertz CT molecular complexity index is 722. The van der Waals surface area contributed by atoms with Crippen LogP contribution in [-0.4, -0.2) is 65.0 Å². The first-order valence-electron chi connectivity index (χ1n) is 8.59. The number of carboxylic acids is 1. The van der Waals surface area contributed by atoms with Crippen molar-refractivity contribution >= 4 is 35.4 Å². The number of carbonyl (C=O) groups excluding carboxylic acids is 1. The molecule has 0 radical (unpaired) electrons. The normalized spacial score (nSPS) is 22.4. The number of aromatic nitrogens is 4. The number of aryl methyl sites for hydroxylation is 1. The molecule has 3 heterocycles. The third-order valence-corrected chi connectivity index (χ3v) is 6.79. The third-order valence-electron chi connectivity index (χ3n) is 4.39. The Hall–Kier alpha value is -1.59. The van der Waals surface area contributed by atoms with Crippen molar-refractivity contribution in [3.05, 3.63) is 11.3 Å². The molecule has 0 bridgehead atoms. The molecule has 1 saturated heterocycles. The van der Waals surface area contributed by atoms with Crippen LogP contribution in [0, 0.1) is 0 Å². The summed E-state index contributed by atoms with van der Waals surface area (Å²) >= 11 is 2.90. The van der Waals surface area contributed by atoms with Gasteiger partial charge in [-0.1, -0.05) is 37.9 Å². The van der Waals surface area contributed by atoms with Gasteiger partial charge in [-0.3, -0.25) is 9.69 Å². The molecular weight excluding hydrogens is 376 g/mol. The molecule has 3 N–H and O–H groups in total. The van der Waals surface area contributed by atoms with Gasteiger partial charge in [0.25, 0.3) is 0 Å². The minimum Gasteiger partial charge on any atom is -0.477 e. The van der Waals surface area contributed by atoms with Crippen LogP contribution in [0.5, 0.6) is 0 Å². The average Bonchev–Trinajstić information content (AvgIpc) is 3.09. The molecule has 0 spiro atoms. The number of nitrogens with zero attached hydrogens (tertiary/aromatic N) is 5. The van der Waals surface area contributed by atoms with Gasteiger partial charge in [-0.15, -0.1) is 16.9 Å². The smallest absolute Gasteiger partial charge is 0.352 e. The number of aliphatic carboxylic acids is 1. The van der Waals surface area contributed by atoms with Crippen molar-refractivity contribution in [3.63, 3.8) is 0 Å². The largest absolute Gasteiger partial charge is 0.477 e. The summed E-state index contributed by atoms with van der Waals surface area (Å²) < 4.78 is 1.75. The number of hydrogen-bond donors (Lipinski definition) is 2. The number of amides is 1. The first kappa shape index (κ1) is 19.2. The molecule has 9 nitrogen and oxygen atoms in total. The number of tetrazole rings is 1. The van der Waals surface area contributed by atoms with Crippen LogP contribution in [-0.2, 0) is 16.1 Å². The van der Waals surface area contributed by atoms with Crippen LogP contribution in [0.15, 0.2) is 16.4 Å². The van der Waals surface area contributed by atoms with Gasteiger partial charge in [0.15, 0.2) is 0 Å². The van der Waals surface area contributed by atoms with Crippen molar-refractivity contribution in [2.75, 3.05) is 11.5 Å². The van der Waals surface area contributed by atoms with E-state index in [1.807, 2.05) is 0 Å². The number of carbonyl (C=O) groups is 2. The fourth-order valence-corrected chi connectivity index (χ4v) is 5.31. The average molecular weight is 399 g/mol. The van der Waals surface area contributed by atoms with Gasteiger partial charge in [0, 0.05) is 18.1 Å². The van der Waals surface area contributed by atoms with Crippen molar-refractivity contribution in [2.24, 2.45) is 5.73 Å². The first-order chi connectivity index (χ1) is 12.5. The molecular formula is C15H22N6O3S2. The monoisotopic (exact) mass is 398 g/mol. The second-order valence-corrected chi connectivity index (χ2v) is 8.27. The van der Waals surface area contributed by atoms with E-state index in [1.165, 1.54) is 41.3 Å². The lowest BCUT2D eigenvalue weighted by Gasteiger charge is -2.48. The van der Waals surface area contributed by atoms with E-state index in [2.05, 4.69) is 22.4 Å². The Morgan fingerprint density at radius 3 is 2.96 bits per heavy atom. The van der Waals surface area contributed by atoms with E-state index in [0.717, 1.165) is 19.4 Å². The molecule has 142 valence electrons. The van der Waals surface area contributed by atoms with Gasteiger partial charge in [0.1, 0.15) is 17.1 Å². The molecule has 2 aliphatic heterocycles. The second kappa shape index (κ2) is 8.40. The highest BCUT2D eigenvalue weighted by molar-refractivity contribution is 8.01. The Labute approximate surface area is 159 Å². The van der Waals surface area contributed by atoms with E-state index >= 15 is 0 Å². The highest BCUT2D eigenvalue weighted by atomic mass is 32.2. The Morgan fingerprint density at radius 1 is 1.42 bits per heavy atom. The molecule has 3 rings (SSSR count). The SMILES string of the molecule is CCCCCCn1nnnc1SCC1=C(C(=O)O)N2C(=O)C(N)[C@@H]2SC1. The molecule has 1 fully saturated rings. The van der Waals surface area contributed by atoms with Crippen molar-refractivity contribution < 1.29 is 14.7 Å². The van der Waals surface area contributed by atoms with Gasteiger partial charge in [0.05, 0.1) is 0 Å². The van der Waals surface area contributed by atoms with Gasteiger partial charge >= 0.3 is 5.97 Å². The van der Waals surface area contributed by atoms with E-state index in [0.29, 0.717) is 22.2 Å². The molecule has 1 amide bonds. The van der Waals surface area contributed by atoms with Crippen LogP contribution in [0.4, 0.5) is 0 Å². The Balaban J connectivity index is 1.66. The second-order valence-electron chi connectivity index (χ2n) is 6.23. The summed E-state index contributed by atoms with van der Waals surface area (Å²) in [7, 11) is 0. The number of carboxylic acid groups (broad SMARTS) is 1. The van der Waals surface area contributed by atoms with Crippen LogP contribution in [0.2, 0.25) is 0 Å². The van der Waals surface area contributed by atoms with E-state index in [1.54, 1.807) is 4.68 Å². The van der Waals surface area contributed by atoms with Gasteiger partial charge in [0.2, 0.25) is 11.1 Å². The zero-order valence-corrected chi connectivity index (χ0v) is 16.1. The molecule has 1 aromatic rings. The molecule has 2 atom stereocenters. The van der Waals surface area contributed by atoms with Crippen molar-refractivity contribution in [1.29, 1.82) is 0 Å². The molecule has 1 unspecified atom stereocenters. The standard InChI is InChI=1S/C15H22N6O3S2/c1-2-3-4-5-6-20-15(17-18-19-20)26-8-9-7-25-13-10(16)12(22)21(13)11(9)14(23)24/h10,13H,2-8,16H2,1H3,(H,23,24)/t10?,13-/m0/s1. The van der Waals surface area contributed by atoms with Crippen LogP contribution in [0.3, 0.4) is 0 Å². The third kappa shape index (κ3) is 3.74. The summed E-state index contributed by atoms with van der Waals surface area (Å²) in [5, 5.41) is 21.7. The predicted octanol–water partition coefficient (Wildman–Crippen LogP) is 0.927. The fourth-order valence-electron chi connectivity index (χ4n) is 2.97. The molecule has 1 aromatic heterocycles. The quantitative estimate of drug-likeness (QED) is 0.354. The molecule has 11 heteroatoms. The number of thioether (sulfide) groups is 2. The Kier molecular flexibility index (Phi) is 6.20. The number of hydrogen-bond acceptors (Lipinski definition) is 8. The van der Waals surface area contributed by atoms with Crippen LogP contribution < -0.4 is 5.73 Å². The topological polar surface area (TPSA) is 127 Å². The lowest BCUT2D eigenvalue weighted by atomic mass is 10.0. The molecule has 26 heavy (non-hydrogen) atoms. The van der Waals surface area contributed by atoms with Crippen molar-refractivity contribution in [1.82, 2.24) is 25.1 Å². The van der Waals surface area contributed by atoms with Gasteiger partial charge in [-0.25, -0.2) is 9.48 Å². The van der Waals surface area contributed by atoms with Crippen LogP contribution in [0.25, 0.3) is 0 Å². The highest BCUT2D eigenvalue weighted by Crippen LogP contribution is 2.40. The molecule has 0 aliphatic carbocycles. The number of fused-ring (bicyclic) bond motifs is 1. The lowest BCUT2D eigenvalue weighted by molar-refractivity contribution is -0.147. The summed E-state index contributed by atoms with van der Waals surface area (Å²) in [6.45, 7) is 2.91. The van der Waals surface area contributed by atoms with Crippen LogP contribution in [0.1, 0.15) is 32.6 Å². The van der Waals surface area contributed by atoms with Gasteiger partial charge in [-0.2, -0.15) is 0 Å². The maximum absolute atomic E-state index is 12.0. The number of nitrogens with two attached hydrogens (primary N) is 1. The number of rotatable bonds is 9. The summed E-state index contributed by atoms with van der Waals surface area (Å²) in [5.74, 6) is -0.460. The van der Waals surface area contributed by atoms with E-state index in [-0.39, 0.29) is 17.0 Å². The predicted molar refractivity (Wildman–Crippen MR) is 98.4 cm³/mol. The first-order valence-corrected chi connectivity index (χ1v) is 10.6. The van der Waals surface area contributed by atoms with E-state index in [9.17, 15) is 14.7 Å². The molecule has 2 aliphatic rings. The van der Waals surface area contributed by atoms with Crippen molar-refractivity contribution in [3.8, 4) is 0 Å². The summed E-state index contributed by atoms with van der Waals surface area (Å²) in [6, 6.07) is -0.612. The number of β-lactam (4-membered cyclic amide) rings is 1. The van der Waals surface area contributed by atoms with Crippen LogP contribution >= 0.6 is 23.5 Å². The number of unbranched alkanes of at least 4 members (excludes halogenated alkanes) is 3. The van der Waals surface area contributed by atoms with Gasteiger partial charge < -0.3 is 10.8 Å². The summed E-state index contributed by atoms with van der Waals surface area (Å²) in [4.78, 5) is 25.0. The fraction of sp³-hybridized carbons (Fsp3) is 0.667. The maximum Gasteiger partial charge on any atom is 0.352 e. The Morgan fingerprint density at radius 2 is 2.23 bits per heavy atom. The minimum atomic E-state index is -1.09. The molecule has 0 saturated carbocycles. The van der Waals surface area contributed by atoms with Gasteiger partial charge in [-0.05, 0) is 22.4 Å². The zero-order chi connectivity index (χ0) is 18.7. The lowest BCUT2D eigenvalue weighted by Crippen LogP contribution is -2.68. The van der Waals surface area contributed by atoms with E-state index in [4.69, 9.17) is 5.73 Å². The van der Waals surface area contributed by atoms with Crippen molar-refractivity contribution in [2.45, 2.75) is 55.7 Å². The molecule has 0 aromatic carbocycles. The zero-order valence-electron chi connectivity index (χ0n) is 14.5. The highest BCUT2D eigenvalue weighted by Gasteiger charge is 2.51. The summed E-state index contributed by atoms with van der Waals surface area (Å²) in [6.07, 6.45) is 4.49. The summed E-state index contributed by atoms with van der Waals surface area (Å²) in [5.41, 5.74) is 6.52.